The predicted octanol–water partition coefficient (Wildman–Crippen LogP) is -0.294. The Morgan fingerprint density at radius 1 is 1.61 bits per heavy atom. The quantitative estimate of drug-likeness (QED) is 0.655. The number of hydrogen-bond acceptors (Lipinski definition) is 5. The summed E-state index contributed by atoms with van der Waals surface area (Å²) in [4.78, 5) is 39.3. The van der Waals surface area contributed by atoms with E-state index in [0.29, 0.717) is 12.2 Å². The Morgan fingerprint density at radius 2 is 2.33 bits per heavy atom. The summed E-state index contributed by atoms with van der Waals surface area (Å²) in [5.41, 5.74) is -0.450. The molecule has 98 valence electrons. The Hall–Kier alpha value is -1.83. The van der Waals surface area contributed by atoms with Crippen molar-refractivity contribution < 1.29 is 14.7 Å². The van der Waals surface area contributed by atoms with Crippen molar-refractivity contribution in [1.82, 2.24) is 15.3 Å². The lowest BCUT2D eigenvalue weighted by Crippen LogP contribution is -2.41. The van der Waals surface area contributed by atoms with E-state index in [0.717, 1.165) is 12.4 Å². The average Bonchev–Trinajstić information content (AvgIpc) is 2.34. The van der Waals surface area contributed by atoms with Crippen LogP contribution in [0.5, 0.6) is 0 Å². The van der Waals surface area contributed by atoms with Gasteiger partial charge >= 0.3 is 5.97 Å². The van der Waals surface area contributed by atoms with Gasteiger partial charge in [0.2, 0.25) is 0 Å². The van der Waals surface area contributed by atoms with Gasteiger partial charge in [0.15, 0.2) is 0 Å². The van der Waals surface area contributed by atoms with Gasteiger partial charge in [0.25, 0.3) is 11.5 Å². The number of nitrogens with one attached hydrogen (secondary N) is 2. The summed E-state index contributed by atoms with van der Waals surface area (Å²) in [5, 5.41) is 11.3. The van der Waals surface area contributed by atoms with Crippen LogP contribution in [0.2, 0.25) is 0 Å². The van der Waals surface area contributed by atoms with E-state index in [-0.39, 0.29) is 5.69 Å². The number of aromatic nitrogens is 2. The lowest BCUT2D eigenvalue weighted by molar-refractivity contribution is -0.139. The molecule has 1 amide bonds. The fourth-order valence-corrected chi connectivity index (χ4v) is 1.66. The highest BCUT2D eigenvalue weighted by atomic mass is 32.2. The van der Waals surface area contributed by atoms with Crippen molar-refractivity contribution in [3.05, 3.63) is 28.4 Å². The van der Waals surface area contributed by atoms with E-state index in [1.807, 2.05) is 6.26 Å². The van der Waals surface area contributed by atoms with Crippen LogP contribution >= 0.6 is 11.8 Å². The van der Waals surface area contributed by atoms with E-state index < -0.39 is 23.5 Å². The molecule has 0 aliphatic rings. The van der Waals surface area contributed by atoms with E-state index in [1.165, 1.54) is 11.8 Å². The van der Waals surface area contributed by atoms with Crippen molar-refractivity contribution in [2.45, 2.75) is 12.5 Å². The maximum atomic E-state index is 11.7. The van der Waals surface area contributed by atoms with E-state index >= 15 is 0 Å². The van der Waals surface area contributed by atoms with Gasteiger partial charge in [-0.1, -0.05) is 0 Å². The van der Waals surface area contributed by atoms with Crippen LogP contribution in [0.15, 0.2) is 17.2 Å². The molecular weight excluding hydrogens is 258 g/mol. The Labute approximate surface area is 107 Å². The first-order valence-corrected chi connectivity index (χ1v) is 6.51. The monoisotopic (exact) mass is 271 g/mol. The zero-order chi connectivity index (χ0) is 13.5. The number of carboxylic acid groups (broad SMARTS) is 1. The first-order chi connectivity index (χ1) is 8.54. The molecule has 1 atom stereocenters. The molecule has 7 nitrogen and oxygen atoms in total. The largest absolute Gasteiger partial charge is 0.480 e. The van der Waals surface area contributed by atoms with Gasteiger partial charge in [0.05, 0.1) is 6.20 Å². The molecule has 1 heterocycles. The second kappa shape index (κ2) is 6.80. The molecule has 1 rings (SSSR count). The number of H-pyrrole nitrogens is 1. The van der Waals surface area contributed by atoms with E-state index in [4.69, 9.17) is 5.11 Å². The summed E-state index contributed by atoms with van der Waals surface area (Å²) in [6, 6.07) is -0.960. The number of carbonyl (C=O) groups excluding carboxylic acids is 1. The third-order valence-electron chi connectivity index (χ3n) is 2.12. The summed E-state index contributed by atoms with van der Waals surface area (Å²) >= 11 is 1.49. The van der Waals surface area contributed by atoms with Gasteiger partial charge in [-0.2, -0.15) is 11.8 Å². The minimum Gasteiger partial charge on any atom is -0.480 e. The van der Waals surface area contributed by atoms with Crippen LogP contribution in [0.25, 0.3) is 0 Å². The lowest BCUT2D eigenvalue weighted by atomic mass is 10.2. The van der Waals surface area contributed by atoms with Gasteiger partial charge in [0.1, 0.15) is 11.7 Å². The predicted molar refractivity (Wildman–Crippen MR) is 66.7 cm³/mol. The second-order valence-corrected chi connectivity index (χ2v) is 4.43. The number of nitrogens with zero attached hydrogens (tertiary/aromatic N) is 1. The Balaban J connectivity index is 2.68. The van der Waals surface area contributed by atoms with Crippen molar-refractivity contribution >= 4 is 23.6 Å². The van der Waals surface area contributed by atoms with Crippen molar-refractivity contribution in [2.75, 3.05) is 12.0 Å². The van der Waals surface area contributed by atoms with Crippen LogP contribution < -0.4 is 10.9 Å². The van der Waals surface area contributed by atoms with Gasteiger partial charge in [-0.05, 0) is 18.4 Å². The van der Waals surface area contributed by atoms with Crippen LogP contribution in [0.3, 0.4) is 0 Å². The zero-order valence-corrected chi connectivity index (χ0v) is 10.5. The molecule has 18 heavy (non-hydrogen) atoms. The minimum absolute atomic E-state index is 0.0231. The molecule has 0 radical (unpaired) electrons. The van der Waals surface area contributed by atoms with Crippen LogP contribution in [0.4, 0.5) is 0 Å². The topological polar surface area (TPSA) is 112 Å². The maximum Gasteiger partial charge on any atom is 0.326 e. The number of aliphatic carboxylic acids is 1. The second-order valence-electron chi connectivity index (χ2n) is 3.44. The Kier molecular flexibility index (Phi) is 5.37. The van der Waals surface area contributed by atoms with Gasteiger partial charge < -0.3 is 15.4 Å². The van der Waals surface area contributed by atoms with Crippen LogP contribution in [-0.2, 0) is 4.79 Å². The number of aromatic amines is 1. The normalized spacial score (nSPS) is 11.8. The number of amides is 1. The first kappa shape index (κ1) is 14.2. The van der Waals surface area contributed by atoms with Gasteiger partial charge in [-0.25, -0.2) is 9.78 Å². The molecule has 0 unspecified atom stereocenters. The molecule has 0 bridgehead atoms. The fourth-order valence-electron chi connectivity index (χ4n) is 1.19. The maximum absolute atomic E-state index is 11.7. The fraction of sp³-hybridized carbons (Fsp3) is 0.400. The average molecular weight is 271 g/mol. The van der Waals surface area contributed by atoms with Crippen molar-refractivity contribution in [3.63, 3.8) is 0 Å². The summed E-state index contributed by atoms with van der Waals surface area (Å²) in [5.74, 6) is -1.10. The van der Waals surface area contributed by atoms with E-state index in [9.17, 15) is 14.4 Å². The van der Waals surface area contributed by atoms with Crippen LogP contribution in [0.1, 0.15) is 16.9 Å². The van der Waals surface area contributed by atoms with Crippen molar-refractivity contribution in [1.29, 1.82) is 0 Å². The van der Waals surface area contributed by atoms with E-state index in [2.05, 4.69) is 15.3 Å². The Bertz CT molecular complexity index is 468. The van der Waals surface area contributed by atoms with Gasteiger partial charge in [0, 0.05) is 6.20 Å². The van der Waals surface area contributed by atoms with Gasteiger partial charge in [-0.15, -0.1) is 0 Å². The minimum atomic E-state index is -1.10. The summed E-state index contributed by atoms with van der Waals surface area (Å²) < 4.78 is 0. The molecule has 8 heteroatoms. The highest BCUT2D eigenvalue weighted by molar-refractivity contribution is 7.98. The summed E-state index contributed by atoms with van der Waals surface area (Å²) in [7, 11) is 0. The summed E-state index contributed by atoms with van der Waals surface area (Å²) in [6.07, 6.45) is 4.29. The molecule has 0 saturated heterocycles. The SMILES string of the molecule is CSCC[C@H](NC(=O)c1c[nH]c(=O)cn1)C(=O)O. The highest BCUT2D eigenvalue weighted by Gasteiger charge is 2.20. The molecule has 1 aromatic heterocycles. The number of thioether (sulfide) groups is 1. The first-order valence-electron chi connectivity index (χ1n) is 5.12. The molecule has 1 aromatic rings. The zero-order valence-electron chi connectivity index (χ0n) is 9.67. The molecule has 3 N–H and O–H groups in total. The van der Waals surface area contributed by atoms with Crippen LogP contribution in [-0.4, -0.2) is 45.0 Å². The molecule has 0 aromatic carbocycles. The lowest BCUT2D eigenvalue weighted by Gasteiger charge is -2.13. The molecular formula is C10H13N3O4S. The molecule has 0 saturated carbocycles. The summed E-state index contributed by atoms with van der Waals surface area (Å²) in [6.45, 7) is 0. The van der Waals surface area contributed by atoms with Gasteiger partial charge in [-0.3, -0.25) is 9.59 Å². The Morgan fingerprint density at radius 3 is 2.83 bits per heavy atom. The molecule has 0 aliphatic carbocycles. The molecule has 0 spiro atoms. The van der Waals surface area contributed by atoms with E-state index in [1.54, 1.807) is 0 Å². The molecule has 0 aliphatic heterocycles. The van der Waals surface area contributed by atoms with Crippen molar-refractivity contribution in [3.8, 4) is 0 Å². The number of carboxylic acids is 1. The smallest absolute Gasteiger partial charge is 0.326 e. The van der Waals surface area contributed by atoms with Crippen molar-refractivity contribution in [2.24, 2.45) is 0 Å². The number of hydrogen-bond donors (Lipinski definition) is 3. The number of carbonyl (C=O) groups is 2. The third-order valence-corrected chi connectivity index (χ3v) is 2.76. The third kappa shape index (κ3) is 4.21. The number of rotatable bonds is 6. The standard InChI is InChI=1S/C10H13N3O4S/c1-18-3-2-6(10(16)17)13-9(15)7-4-12-8(14)5-11-7/h4-6H,2-3H2,1H3,(H,12,14)(H,13,15)(H,16,17)/t6-/m0/s1. The molecule has 0 fully saturated rings. The highest BCUT2D eigenvalue weighted by Crippen LogP contribution is 2.02. The van der Waals surface area contributed by atoms with Crippen LogP contribution in [0, 0.1) is 0 Å².